The van der Waals surface area contributed by atoms with Crippen LogP contribution in [0.15, 0.2) is 46.9 Å². The molecule has 0 heterocycles. The van der Waals surface area contributed by atoms with Crippen LogP contribution in [0.5, 0.6) is 11.5 Å². The van der Waals surface area contributed by atoms with Gasteiger partial charge in [-0.1, -0.05) is 15.9 Å². The first-order valence-electron chi connectivity index (χ1n) is 8.13. The predicted molar refractivity (Wildman–Crippen MR) is 106 cm³/mol. The summed E-state index contributed by atoms with van der Waals surface area (Å²) < 4.78 is 15.9. The third-order valence-electron chi connectivity index (χ3n) is 3.50. The van der Waals surface area contributed by atoms with E-state index in [2.05, 4.69) is 26.6 Å². The van der Waals surface area contributed by atoms with E-state index in [1.54, 1.807) is 30.3 Å². The summed E-state index contributed by atoms with van der Waals surface area (Å²) in [6.07, 6.45) is 0. The normalized spacial score (nSPS) is 9.96. The number of rotatable bonds is 8. The number of hydrogen-bond donors (Lipinski definition) is 2. The van der Waals surface area contributed by atoms with E-state index in [1.807, 2.05) is 0 Å². The average molecular weight is 451 g/mol. The fourth-order valence-electron chi connectivity index (χ4n) is 2.12. The molecule has 2 aromatic rings. The minimum Gasteiger partial charge on any atom is -0.497 e. The Morgan fingerprint density at radius 2 is 1.57 bits per heavy atom. The molecule has 0 aliphatic rings. The first-order chi connectivity index (χ1) is 13.4. The van der Waals surface area contributed by atoms with Gasteiger partial charge < -0.3 is 24.8 Å². The highest BCUT2D eigenvalue weighted by molar-refractivity contribution is 9.10. The lowest BCUT2D eigenvalue weighted by atomic mass is 10.2. The highest BCUT2D eigenvalue weighted by Gasteiger charge is 2.13. The van der Waals surface area contributed by atoms with Gasteiger partial charge in [0.05, 0.1) is 14.2 Å². The number of esters is 1. The number of benzene rings is 2. The number of methoxy groups -OCH3 is 2. The van der Waals surface area contributed by atoms with Crippen LogP contribution in [0.25, 0.3) is 0 Å². The largest absolute Gasteiger partial charge is 0.497 e. The van der Waals surface area contributed by atoms with Crippen LogP contribution in [0.4, 0.5) is 5.69 Å². The maximum absolute atomic E-state index is 12.2. The molecule has 2 N–H and O–H groups in total. The van der Waals surface area contributed by atoms with E-state index >= 15 is 0 Å². The molecule has 9 heteroatoms. The molecule has 28 heavy (non-hydrogen) atoms. The molecule has 0 spiro atoms. The first kappa shape index (κ1) is 21.2. The van der Waals surface area contributed by atoms with Gasteiger partial charge in [-0.25, -0.2) is 0 Å². The monoisotopic (exact) mass is 450 g/mol. The van der Waals surface area contributed by atoms with Gasteiger partial charge >= 0.3 is 5.97 Å². The van der Waals surface area contributed by atoms with Crippen molar-refractivity contribution in [2.75, 3.05) is 32.7 Å². The number of ether oxygens (including phenoxy) is 3. The second kappa shape index (κ2) is 10.3. The minimum atomic E-state index is -0.742. The first-order valence-corrected chi connectivity index (χ1v) is 8.93. The van der Waals surface area contributed by atoms with Crippen molar-refractivity contribution in [3.63, 3.8) is 0 Å². The third-order valence-corrected chi connectivity index (χ3v) is 4.03. The molecule has 148 valence electrons. The quantitative estimate of drug-likeness (QED) is 0.598. The molecule has 0 aromatic heterocycles. The van der Waals surface area contributed by atoms with E-state index in [9.17, 15) is 14.4 Å². The van der Waals surface area contributed by atoms with E-state index in [-0.39, 0.29) is 12.1 Å². The molecule has 2 amide bonds. The molecule has 8 nitrogen and oxygen atoms in total. The van der Waals surface area contributed by atoms with E-state index in [1.165, 1.54) is 26.4 Å². The fourth-order valence-corrected chi connectivity index (χ4v) is 2.38. The van der Waals surface area contributed by atoms with Gasteiger partial charge in [-0.3, -0.25) is 14.4 Å². The average Bonchev–Trinajstić information content (AvgIpc) is 2.71. The van der Waals surface area contributed by atoms with Crippen LogP contribution in [0.1, 0.15) is 10.4 Å². The highest BCUT2D eigenvalue weighted by Crippen LogP contribution is 2.22. The summed E-state index contributed by atoms with van der Waals surface area (Å²) in [4.78, 5) is 35.7. The van der Waals surface area contributed by atoms with Crippen LogP contribution in [0.3, 0.4) is 0 Å². The third kappa shape index (κ3) is 6.58. The van der Waals surface area contributed by atoms with Crippen LogP contribution in [-0.4, -0.2) is 45.2 Å². The fraction of sp³-hybridized carbons (Fsp3) is 0.211. The molecule has 0 saturated carbocycles. The lowest BCUT2D eigenvalue weighted by Gasteiger charge is -2.09. The van der Waals surface area contributed by atoms with Crippen LogP contribution < -0.4 is 20.1 Å². The van der Waals surface area contributed by atoms with Crippen molar-refractivity contribution in [2.24, 2.45) is 0 Å². The SMILES string of the molecule is COc1cc(OC)cc(C(=O)NCC(=O)OCC(=O)Nc2ccc(Br)cc2)c1. The number of carbonyl (C=O) groups excluding carboxylic acids is 3. The van der Waals surface area contributed by atoms with Gasteiger partial charge in [0.2, 0.25) is 0 Å². The van der Waals surface area contributed by atoms with E-state index in [0.29, 0.717) is 17.2 Å². The Bertz CT molecular complexity index is 832. The number of carbonyl (C=O) groups is 3. The number of amides is 2. The van der Waals surface area contributed by atoms with Crippen molar-refractivity contribution in [3.8, 4) is 11.5 Å². The molecule has 0 aliphatic heterocycles. The van der Waals surface area contributed by atoms with Gasteiger partial charge in [0, 0.05) is 21.8 Å². The van der Waals surface area contributed by atoms with Gasteiger partial charge in [-0.05, 0) is 36.4 Å². The summed E-state index contributed by atoms with van der Waals surface area (Å²) in [7, 11) is 2.93. The Kier molecular flexibility index (Phi) is 7.82. The predicted octanol–water partition coefficient (Wildman–Crippen LogP) is 2.38. The van der Waals surface area contributed by atoms with Crippen LogP contribution in [-0.2, 0) is 14.3 Å². The highest BCUT2D eigenvalue weighted by atomic mass is 79.9. The smallest absolute Gasteiger partial charge is 0.325 e. The van der Waals surface area contributed by atoms with Crippen molar-refractivity contribution in [1.82, 2.24) is 5.32 Å². The van der Waals surface area contributed by atoms with Crippen LogP contribution >= 0.6 is 15.9 Å². The summed E-state index contributed by atoms with van der Waals surface area (Å²) in [5, 5.41) is 5.01. The lowest BCUT2D eigenvalue weighted by Crippen LogP contribution is -2.32. The summed E-state index contributed by atoms with van der Waals surface area (Å²) >= 11 is 3.29. The van der Waals surface area contributed by atoms with Crippen LogP contribution in [0.2, 0.25) is 0 Å². The van der Waals surface area contributed by atoms with Crippen molar-refractivity contribution in [2.45, 2.75) is 0 Å². The summed E-state index contributed by atoms with van der Waals surface area (Å²) in [6, 6.07) is 11.6. The Labute approximate surface area is 170 Å². The molecule has 0 atom stereocenters. The van der Waals surface area contributed by atoms with Gasteiger partial charge in [0.15, 0.2) is 6.61 Å². The number of halogens is 1. The van der Waals surface area contributed by atoms with Crippen molar-refractivity contribution < 1.29 is 28.6 Å². The van der Waals surface area contributed by atoms with Crippen molar-refractivity contribution in [1.29, 1.82) is 0 Å². The summed E-state index contributed by atoms with van der Waals surface area (Å²) in [6.45, 7) is -0.846. The minimum absolute atomic E-state index is 0.261. The Balaban J connectivity index is 1.79. The maximum Gasteiger partial charge on any atom is 0.325 e. The Morgan fingerprint density at radius 3 is 2.14 bits per heavy atom. The molecule has 0 fully saturated rings. The van der Waals surface area contributed by atoms with Gasteiger partial charge in [-0.2, -0.15) is 0 Å². The van der Waals surface area contributed by atoms with Gasteiger partial charge in [0.25, 0.3) is 11.8 Å². The molecule has 2 aromatic carbocycles. The zero-order valence-corrected chi connectivity index (χ0v) is 16.9. The van der Waals surface area contributed by atoms with Crippen molar-refractivity contribution >= 4 is 39.4 Å². The molecule has 0 radical (unpaired) electrons. The number of nitrogens with one attached hydrogen (secondary N) is 2. The molecular weight excluding hydrogens is 432 g/mol. The van der Waals surface area contributed by atoms with E-state index in [4.69, 9.17) is 14.2 Å². The zero-order chi connectivity index (χ0) is 20.5. The summed E-state index contributed by atoms with van der Waals surface area (Å²) in [5.41, 5.74) is 0.835. The van der Waals surface area contributed by atoms with Crippen molar-refractivity contribution in [3.05, 3.63) is 52.5 Å². The second-order valence-corrected chi connectivity index (χ2v) is 6.42. The molecule has 0 aliphatic carbocycles. The Morgan fingerprint density at radius 1 is 0.964 bits per heavy atom. The zero-order valence-electron chi connectivity index (χ0n) is 15.3. The summed E-state index contributed by atoms with van der Waals surface area (Å²) in [5.74, 6) is -0.851. The van der Waals surface area contributed by atoms with Crippen LogP contribution in [0, 0.1) is 0 Å². The van der Waals surface area contributed by atoms with Gasteiger partial charge in [-0.15, -0.1) is 0 Å². The molecule has 0 unspecified atom stereocenters. The van der Waals surface area contributed by atoms with E-state index in [0.717, 1.165) is 4.47 Å². The number of hydrogen-bond acceptors (Lipinski definition) is 6. The van der Waals surface area contributed by atoms with Gasteiger partial charge in [0.1, 0.15) is 18.0 Å². The molecule has 2 rings (SSSR count). The second-order valence-electron chi connectivity index (χ2n) is 5.50. The molecular formula is C19H19BrN2O6. The standard InChI is InChI=1S/C19H19BrN2O6/c1-26-15-7-12(8-16(9-15)27-2)19(25)21-10-18(24)28-11-17(23)22-14-5-3-13(20)4-6-14/h3-9H,10-11H2,1-2H3,(H,21,25)(H,22,23). The number of anilines is 1. The molecule has 0 bridgehead atoms. The lowest BCUT2D eigenvalue weighted by molar-refractivity contribution is -0.146. The maximum atomic E-state index is 12.2. The van der Waals surface area contributed by atoms with E-state index < -0.39 is 24.4 Å². The topological polar surface area (TPSA) is 103 Å². The molecule has 0 saturated heterocycles. The Hall–Kier alpha value is -3.07.